The van der Waals surface area contributed by atoms with Crippen LogP contribution in [-0.2, 0) is 6.54 Å². The summed E-state index contributed by atoms with van der Waals surface area (Å²) in [6, 6.07) is 9.77. The third-order valence-electron chi connectivity index (χ3n) is 5.55. The molecule has 0 amide bonds. The van der Waals surface area contributed by atoms with Crippen LogP contribution in [0.1, 0.15) is 47.5 Å². The number of fused-ring (bicyclic) bond motifs is 1. The van der Waals surface area contributed by atoms with Gasteiger partial charge in [0.2, 0.25) is 5.89 Å². The van der Waals surface area contributed by atoms with Crippen LogP contribution in [0.3, 0.4) is 0 Å². The Morgan fingerprint density at radius 1 is 1.21 bits per heavy atom. The first kappa shape index (κ1) is 18.0. The average molecular weight is 408 g/mol. The minimum absolute atomic E-state index is 0.162. The summed E-state index contributed by atoms with van der Waals surface area (Å²) in [6.07, 6.45) is 5.04. The zero-order valence-corrected chi connectivity index (χ0v) is 16.5. The summed E-state index contributed by atoms with van der Waals surface area (Å²) < 4.78 is 6.87. The van der Waals surface area contributed by atoms with Gasteiger partial charge in [0.1, 0.15) is 12.9 Å². The standard InChI is InChI=1S/C21H18ClN5O2/c1-12-5-6-23-20-18(12)21(28)27(11-24-20)10-17-25-19(26-29-17)15-7-14(8-15)13-3-2-4-16(22)9-13/h2-6,9,11,14-15H,7-8,10H2,1H3. The molecule has 3 heterocycles. The van der Waals surface area contributed by atoms with Crippen LogP contribution in [0.15, 0.2) is 52.2 Å². The Hall–Kier alpha value is -3.06. The minimum Gasteiger partial charge on any atom is -0.337 e. The summed E-state index contributed by atoms with van der Waals surface area (Å²) in [5, 5.41) is 5.40. The van der Waals surface area contributed by atoms with Crippen LogP contribution in [0, 0.1) is 6.92 Å². The Bertz CT molecular complexity index is 1260. The molecule has 0 unspecified atom stereocenters. The van der Waals surface area contributed by atoms with Crippen molar-refractivity contribution in [3.05, 3.63) is 81.1 Å². The van der Waals surface area contributed by atoms with Crippen molar-refractivity contribution in [3.8, 4) is 0 Å². The van der Waals surface area contributed by atoms with E-state index in [-0.39, 0.29) is 18.0 Å². The van der Waals surface area contributed by atoms with E-state index in [1.165, 1.54) is 16.5 Å². The summed E-state index contributed by atoms with van der Waals surface area (Å²) in [7, 11) is 0. The second-order valence-electron chi connectivity index (χ2n) is 7.47. The Kier molecular flexibility index (Phi) is 4.39. The smallest absolute Gasteiger partial charge is 0.263 e. The lowest BCUT2D eigenvalue weighted by molar-refractivity contribution is 0.315. The van der Waals surface area contributed by atoms with Gasteiger partial charge in [0, 0.05) is 17.1 Å². The predicted octanol–water partition coefficient (Wildman–Crippen LogP) is 3.85. The van der Waals surface area contributed by atoms with Gasteiger partial charge in [-0.3, -0.25) is 9.36 Å². The van der Waals surface area contributed by atoms with Gasteiger partial charge in [-0.2, -0.15) is 4.98 Å². The molecule has 1 saturated carbocycles. The number of benzene rings is 1. The van der Waals surface area contributed by atoms with Gasteiger partial charge in [-0.05, 0) is 55.0 Å². The highest BCUT2D eigenvalue weighted by molar-refractivity contribution is 6.30. The SMILES string of the molecule is Cc1ccnc2ncn(Cc3nc(C4CC(c5cccc(Cl)c5)C4)no3)c(=O)c12. The predicted molar refractivity (Wildman–Crippen MR) is 108 cm³/mol. The number of halogens is 1. The molecule has 4 aromatic rings. The molecule has 3 aromatic heterocycles. The van der Waals surface area contributed by atoms with Crippen LogP contribution in [0.2, 0.25) is 5.02 Å². The van der Waals surface area contributed by atoms with Crippen LogP contribution in [0.4, 0.5) is 0 Å². The Balaban J connectivity index is 1.32. The first-order valence-electron chi connectivity index (χ1n) is 9.47. The second kappa shape index (κ2) is 7.08. The summed E-state index contributed by atoms with van der Waals surface area (Å²) in [4.78, 5) is 25.7. The number of aromatic nitrogens is 5. The van der Waals surface area contributed by atoms with E-state index >= 15 is 0 Å². The number of hydrogen-bond donors (Lipinski definition) is 0. The fourth-order valence-electron chi connectivity index (χ4n) is 3.84. The molecule has 0 atom stereocenters. The molecule has 29 heavy (non-hydrogen) atoms. The highest BCUT2D eigenvalue weighted by Gasteiger charge is 2.34. The van der Waals surface area contributed by atoms with Crippen LogP contribution < -0.4 is 5.56 Å². The number of nitrogens with zero attached hydrogens (tertiary/aromatic N) is 5. The van der Waals surface area contributed by atoms with E-state index < -0.39 is 0 Å². The minimum atomic E-state index is -0.162. The number of aryl methyl sites for hydroxylation is 1. The van der Waals surface area contributed by atoms with Crippen molar-refractivity contribution in [2.45, 2.75) is 38.1 Å². The molecule has 1 aromatic carbocycles. The molecule has 5 rings (SSSR count). The maximum atomic E-state index is 12.8. The summed E-state index contributed by atoms with van der Waals surface area (Å²) in [6.45, 7) is 2.06. The fraction of sp³-hybridized carbons (Fsp3) is 0.286. The third kappa shape index (κ3) is 3.31. The van der Waals surface area contributed by atoms with Crippen molar-refractivity contribution in [2.75, 3.05) is 0 Å². The second-order valence-corrected chi connectivity index (χ2v) is 7.91. The zero-order chi connectivity index (χ0) is 20.0. The number of hydrogen-bond acceptors (Lipinski definition) is 6. The van der Waals surface area contributed by atoms with Gasteiger partial charge < -0.3 is 4.52 Å². The van der Waals surface area contributed by atoms with E-state index in [0.717, 1.165) is 23.4 Å². The number of rotatable bonds is 4. The molecular weight excluding hydrogens is 390 g/mol. The van der Waals surface area contributed by atoms with Gasteiger partial charge in [-0.25, -0.2) is 9.97 Å². The molecule has 0 N–H and O–H groups in total. The van der Waals surface area contributed by atoms with Crippen LogP contribution in [0.5, 0.6) is 0 Å². The lowest BCUT2D eigenvalue weighted by Crippen LogP contribution is -2.23. The van der Waals surface area contributed by atoms with Gasteiger partial charge >= 0.3 is 0 Å². The van der Waals surface area contributed by atoms with E-state index in [1.54, 1.807) is 12.3 Å². The molecule has 0 aliphatic heterocycles. The molecule has 1 aliphatic rings. The van der Waals surface area contributed by atoms with Gasteiger partial charge in [-0.15, -0.1) is 0 Å². The highest BCUT2D eigenvalue weighted by atomic mass is 35.5. The third-order valence-corrected chi connectivity index (χ3v) is 5.78. The van der Waals surface area contributed by atoms with Crippen molar-refractivity contribution >= 4 is 22.6 Å². The first-order chi connectivity index (χ1) is 14.1. The first-order valence-corrected chi connectivity index (χ1v) is 9.85. The zero-order valence-electron chi connectivity index (χ0n) is 15.7. The lowest BCUT2D eigenvalue weighted by atomic mass is 9.71. The van der Waals surface area contributed by atoms with E-state index in [0.29, 0.717) is 28.7 Å². The van der Waals surface area contributed by atoms with Crippen LogP contribution in [-0.4, -0.2) is 24.7 Å². The van der Waals surface area contributed by atoms with Crippen molar-refractivity contribution in [1.82, 2.24) is 24.7 Å². The Morgan fingerprint density at radius 3 is 2.90 bits per heavy atom. The van der Waals surface area contributed by atoms with E-state index in [2.05, 4.69) is 26.2 Å². The maximum Gasteiger partial charge on any atom is 0.263 e. The summed E-state index contributed by atoms with van der Waals surface area (Å²) >= 11 is 6.09. The number of pyridine rings is 1. The Morgan fingerprint density at radius 2 is 2.07 bits per heavy atom. The normalized spacial score (nSPS) is 18.7. The molecular formula is C21H18ClN5O2. The molecule has 0 saturated heterocycles. The molecule has 0 bridgehead atoms. The monoisotopic (exact) mass is 407 g/mol. The van der Waals surface area contributed by atoms with Gasteiger partial charge in [0.15, 0.2) is 11.5 Å². The van der Waals surface area contributed by atoms with E-state index in [4.69, 9.17) is 16.1 Å². The maximum absolute atomic E-state index is 12.8. The summed E-state index contributed by atoms with van der Waals surface area (Å²) in [5.74, 6) is 1.81. The van der Waals surface area contributed by atoms with Crippen molar-refractivity contribution in [2.24, 2.45) is 0 Å². The van der Waals surface area contributed by atoms with Crippen molar-refractivity contribution in [3.63, 3.8) is 0 Å². The van der Waals surface area contributed by atoms with Gasteiger partial charge in [-0.1, -0.05) is 28.9 Å². The molecule has 0 spiro atoms. The molecule has 1 aliphatic carbocycles. The van der Waals surface area contributed by atoms with Gasteiger partial charge in [0.05, 0.1) is 5.39 Å². The quantitative estimate of drug-likeness (QED) is 0.510. The molecule has 146 valence electrons. The largest absolute Gasteiger partial charge is 0.337 e. The Labute approximate surface area is 171 Å². The lowest BCUT2D eigenvalue weighted by Gasteiger charge is -2.33. The molecule has 1 fully saturated rings. The average Bonchev–Trinajstić information content (AvgIpc) is 3.11. The van der Waals surface area contributed by atoms with Crippen LogP contribution in [0.25, 0.3) is 11.0 Å². The van der Waals surface area contributed by atoms with E-state index in [1.807, 2.05) is 25.1 Å². The van der Waals surface area contributed by atoms with Crippen molar-refractivity contribution in [1.29, 1.82) is 0 Å². The van der Waals surface area contributed by atoms with E-state index in [9.17, 15) is 4.79 Å². The molecule has 0 radical (unpaired) electrons. The van der Waals surface area contributed by atoms with Gasteiger partial charge in [0.25, 0.3) is 5.56 Å². The summed E-state index contributed by atoms with van der Waals surface area (Å²) in [5.41, 5.74) is 2.37. The molecule has 7 nitrogen and oxygen atoms in total. The highest BCUT2D eigenvalue weighted by Crippen LogP contribution is 2.46. The van der Waals surface area contributed by atoms with Crippen molar-refractivity contribution < 1.29 is 4.52 Å². The van der Waals surface area contributed by atoms with Crippen LogP contribution >= 0.6 is 11.6 Å². The molecule has 8 heteroatoms. The fourth-order valence-corrected chi connectivity index (χ4v) is 4.04. The topological polar surface area (TPSA) is 86.7 Å².